The molecule has 0 saturated carbocycles. The van der Waals surface area contributed by atoms with Gasteiger partial charge in [0.15, 0.2) is 11.6 Å². The van der Waals surface area contributed by atoms with Crippen LogP contribution in [0.3, 0.4) is 0 Å². The number of rotatable bonds is 3. The topological polar surface area (TPSA) is 51.0 Å². The molecular weight excluding hydrogens is 252 g/mol. The lowest BCUT2D eigenvalue weighted by molar-refractivity contribution is 0.388. The van der Waals surface area contributed by atoms with Crippen LogP contribution in [0.25, 0.3) is 0 Å². The van der Waals surface area contributed by atoms with E-state index in [2.05, 4.69) is 15.5 Å². The summed E-state index contributed by atoms with van der Waals surface area (Å²) in [6.45, 7) is 1.78. The quantitative estimate of drug-likeness (QED) is 0.921. The number of aromatic nitrogens is 2. The Balaban J connectivity index is 2.14. The first-order valence-corrected chi connectivity index (χ1v) is 5.11. The molecule has 0 spiro atoms. The van der Waals surface area contributed by atoms with E-state index in [0.717, 1.165) is 12.1 Å². The first kappa shape index (κ1) is 11.8. The third-order valence-electron chi connectivity index (χ3n) is 2.00. The number of halogens is 3. The van der Waals surface area contributed by atoms with Crippen LogP contribution in [-0.4, -0.2) is 10.1 Å². The number of nitrogens with zero attached hydrogens (tertiary/aromatic N) is 2. The van der Waals surface area contributed by atoms with Crippen LogP contribution in [-0.2, 0) is 6.54 Å². The van der Waals surface area contributed by atoms with Crippen LogP contribution in [0, 0.1) is 18.6 Å². The molecule has 1 N–H and O–H groups in total. The summed E-state index contributed by atoms with van der Waals surface area (Å²) >= 11 is 5.70. The van der Waals surface area contributed by atoms with Crippen LogP contribution >= 0.6 is 11.6 Å². The van der Waals surface area contributed by atoms with Crippen molar-refractivity contribution >= 4 is 17.3 Å². The van der Waals surface area contributed by atoms with Crippen molar-refractivity contribution in [1.82, 2.24) is 10.1 Å². The second-order valence-corrected chi connectivity index (χ2v) is 3.73. The van der Waals surface area contributed by atoms with Gasteiger partial charge in [-0.2, -0.15) is 4.98 Å². The molecule has 1 heterocycles. The largest absolute Gasteiger partial charge is 0.374 e. The summed E-state index contributed by atoms with van der Waals surface area (Å²) in [6.07, 6.45) is 0. The van der Waals surface area contributed by atoms with Crippen molar-refractivity contribution in [3.63, 3.8) is 0 Å². The van der Waals surface area contributed by atoms with E-state index in [1.54, 1.807) is 6.92 Å². The smallest absolute Gasteiger partial charge is 0.223 e. The van der Waals surface area contributed by atoms with Gasteiger partial charge in [-0.1, -0.05) is 16.8 Å². The van der Waals surface area contributed by atoms with Crippen molar-refractivity contribution in [3.05, 3.63) is 40.5 Å². The summed E-state index contributed by atoms with van der Waals surface area (Å²) in [5.74, 6) is -0.724. The van der Waals surface area contributed by atoms with E-state index < -0.39 is 11.6 Å². The number of aryl methyl sites for hydroxylation is 1. The van der Waals surface area contributed by atoms with Gasteiger partial charge in [0.25, 0.3) is 0 Å². The van der Waals surface area contributed by atoms with Crippen molar-refractivity contribution in [2.75, 3.05) is 5.32 Å². The number of hydrogen-bond donors (Lipinski definition) is 1. The van der Waals surface area contributed by atoms with E-state index in [0.29, 0.717) is 11.7 Å². The lowest BCUT2D eigenvalue weighted by Crippen LogP contribution is -2.04. The van der Waals surface area contributed by atoms with Crippen molar-refractivity contribution in [2.45, 2.75) is 13.5 Å². The molecule has 0 amide bonds. The average Bonchev–Trinajstić information content (AvgIpc) is 2.62. The average molecular weight is 260 g/mol. The first-order chi connectivity index (χ1) is 8.06. The van der Waals surface area contributed by atoms with E-state index in [9.17, 15) is 8.78 Å². The van der Waals surface area contributed by atoms with Gasteiger partial charge >= 0.3 is 0 Å². The highest BCUT2D eigenvalue weighted by atomic mass is 35.5. The molecule has 0 aliphatic carbocycles. The lowest BCUT2D eigenvalue weighted by atomic mass is 10.3. The minimum absolute atomic E-state index is 0.00974. The fourth-order valence-electron chi connectivity index (χ4n) is 1.29. The zero-order valence-corrected chi connectivity index (χ0v) is 9.55. The Morgan fingerprint density at radius 1 is 1.41 bits per heavy atom. The number of nitrogens with one attached hydrogen (secondary N) is 1. The van der Waals surface area contributed by atoms with Gasteiger partial charge in [-0.25, -0.2) is 8.78 Å². The van der Waals surface area contributed by atoms with Gasteiger partial charge in [-0.05, 0) is 6.07 Å². The highest BCUT2D eigenvalue weighted by Crippen LogP contribution is 2.26. The fourth-order valence-corrected chi connectivity index (χ4v) is 1.55. The third kappa shape index (κ3) is 2.71. The minimum atomic E-state index is -0.768. The maximum atomic E-state index is 13.4. The summed E-state index contributed by atoms with van der Waals surface area (Å²) in [7, 11) is 0. The van der Waals surface area contributed by atoms with Gasteiger partial charge in [-0.3, -0.25) is 0 Å². The molecule has 0 unspecified atom stereocenters. The molecular formula is C10H8ClF2N3O. The molecule has 0 fully saturated rings. The highest BCUT2D eigenvalue weighted by molar-refractivity contribution is 6.33. The Kier molecular flexibility index (Phi) is 3.23. The van der Waals surface area contributed by atoms with E-state index in [1.165, 1.54) is 0 Å². The van der Waals surface area contributed by atoms with Gasteiger partial charge in [-0.15, -0.1) is 0 Å². The molecule has 2 aromatic rings. The van der Waals surface area contributed by atoms with E-state index in [-0.39, 0.29) is 17.3 Å². The molecule has 0 radical (unpaired) electrons. The summed E-state index contributed by atoms with van der Waals surface area (Å²) < 4.78 is 30.9. The van der Waals surface area contributed by atoms with Crippen molar-refractivity contribution in [2.24, 2.45) is 0 Å². The highest BCUT2D eigenvalue weighted by Gasteiger charge is 2.10. The van der Waals surface area contributed by atoms with E-state index in [4.69, 9.17) is 16.1 Å². The van der Waals surface area contributed by atoms with Crippen molar-refractivity contribution < 1.29 is 13.3 Å². The van der Waals surface area contributed by atoms with Crippen LogP contribution < -0.4 is 5.32 Å². The standard InChI is InChI=1S/C10H8ClF2N3O/c1-5-15-9(16-17-5)4-14-10-7(11)2-6(12)3-8(10)13/h2-3,14H,4H2,1H3. The Hall–Kier alpha value is -1.69. The molecule has 1 aromatic carbocycles. The number of hydrogen-bond acceptors (Lipinski definition) is 4. The molecule has 0 aliphatic heterocycles. The molecule has 4 nitrogen and oxygen atoms in total. The third-order valence-corrected chi connectivity index (χ3v) is 2.30. The molecule has 17 heavy (non-hydrogen) atoms. The normalized spacial score (nSPS) is 10.6. The van der Waals surface area contributed by atoms with Crippen molar-refractivity contribution in [3.8, 4) is 0 Å². The summed E-state index contributed by atoms with van der Waals surface area (Å²) in [5.41, 5.74) is 0.00974. The maximum Gasteiger partial charge on any atom is 0.223 e. The Labute approximate surface area is 101 Å². The van der Waals surface area contributed by atoms with Crippen LogP contribution in [0.1, 0.15) is 11.7 Å². The summed E-state index contributed by atoms with van der Waals surface area (Å²) in [6, 6.07) is 1.77. The van der Waals surface area contributed by atoms with Crippen LogP contribution in [0.2, 0.25) is 5.02 Å². The molecule has 90 valence electrons. The predicted molar refractivity (Wildman–Crippen MR) is 57.7 cm³/mol. The number of benzene rings is 1. The zero-order chi connectivity index (χ0) is 12.4. The van der Waals surface area contributed by atoms with Gasteiger partial charge in [0.05, 0.1) is 17.3 Å². The molecule has 1 aromatic heterocycles. The second-order valence-electron chi connectivity index (χ2n) is 3.33. The fraction of sp³-hybridized carbons (Fsp3) is 0.200. The van der Waals surface area contributed by atoms with Crippen molar-refractivity contribution in [1.29, 1.82) is 0 Å². The summed E-state index contributed by atoms with van der Waals surface area (Å²) in [4.78, 5) is 3.92. The monoisotopic (exact) mass is 259 g/mol. The Bertz CT molecular complexity index is 521. The molecule has 2 rings (SSSR count). The lowest BCUT2D eigenvalue weighted by Gasteiger charge is -2.07. The molecule has 0 bridgehead atoms. The molecule has 0 atom stereocenters. The first-order valence-electron chi connectivity index (χ1n) is 4.74. The second kappa shape index (κ2) is 4.67. The van der Waals surface area contributed by atoms with Gasteiger partial charge in [0.1, 0.15) is 5.82 Å². The zero-order valence-electron chi connectivity index (χ0n) is 8.80. The molecule has 7 heteroatoms. The van der Waals surface area contributed by atoms with E-state index >= 15 is 0 Å². The molecule has 0 aliphatic rings. The van der Waals surface area contributed by atoms with Crippen LogP contribution in [0.5, 0.6) is 0 Å². The van der Waals surface area contributed by atoms with Gasteiger partial charge in [0, 0.05) is 13.0 Å². The molecule has 0 saturated heterocycles. The van der Waals surface area contributed by atoms with Crippen LogP contribution in [0.15, 0.2) is 16.7 Å². The Morgan fingerprint density at radius 2 is 2.18 bits per heavy atom. The van der Waals surface area contributed by atoms with Crippen LogP contribution in [0.4, 0.5) is 14.5 Å². The minimum Gasteiger partial charge on any atom is -0.374 e. The maximum absolute atomic E-state index is 13.4. The Morgan fingerprint density at radius 3 is 2.76 bits per heavy atom. The van der Waals surface area contributed by atoms with Gasteiger partial charge < -0.3 is 9.84 Å². The number of anilines is 1. The summed E-state index contributed by atoms with van der Waals surface area (Å²) in [5, 5.41) is 6.26. The van der Waals surface area contributed by atoms with E-state index in [1.807, 2.05) is 0 Å². The van der Waals surface area contributed by atoms with Gasteiger partial charge in [0.2, 0.25) is 5.89 Å². The SMILES string of the molecule is Cc1nc(CNc2c(F)cc(F)cc2Cl)no1. The predicted octanol–water partition coefficient (Wildman–Crippen LogP) is 2.92.